The molecule has 2 rings (SSSR count). The Hall–Kier alpha value is -3.43. The van der Waals surface area contributed by atoms with Gasteiger partial charge in [-0.05, 0) is 36.5 Å². The fourth-order valence-corrected chi connectivity index (χ4v) is 3.30. The van der Waals surface area contributed by atoms with Gasteiger partial charge in [0, 0.05) is 6.04 Å². The van der Waals surface area contributed by atoms with Gasteiger partial charge < -0.3 is 15.2 Å². The zero-order valence-corrected chi connectivity index (χ0v) is 18.6. The van der Waals surface area contributed by atoms with E-state index in [1.165, 1.54) is 6.92 Å². The second kappa shape index (κ2) is 11.1. The van der Waals surface area contributed by atoms with Crippen LogP contribution in [0.25, 0.3) is 11.1 Å². The van der Waals surface area contributed by atoms with E-state index in [1.54, 1.807) is 36.5 Å². The van der Waals surface area contributed by atoms with E-state index in [-0.39, 0.29) is 19.4 Å². The van der Waals surface area contributed by atoms with Gasteiger partial charge in [0.2, 0.25) is 0 Å². The minimum Gasteiger partial charge on any atom is -0.477 e. The topological polar surface area (TPSA) is 92.7 Å². The molecule has 184 valence electrons. The molecule has 0 fully saturated rings. The fraction of sp³-hybridized carbons (Fsp3) is 0.375. The van der Waals surface area contributed by atoms with Crippen LogP contribution in [-0.4, -0.2) is 47.4 Å². The van der Waals surface area contributed by atoms with E-state index in [1.807, 2.05) is 30.3 Å². The van der Waals surface area contributed by atoms with Gasteiger partial charge in [-0.3, -0.25) is 9.59 Å². The molecule has 0 aromatic heterocycles. The maximum absolute atomic E-state index is 14.0. The van der Waals surface area contributed by atoms with Crippen LogP contribution >= 0.6 is 0 Å². The van der Waals surface area contributed by atoms with E-state index in [4.69, 9.17) is 9.84 Å². The number of esters is 1. The number of ether oxygens (including phenoxy) is 1. The van der Waals surface area contributed by atoms with Crippen molar-refractivity contribution < 1.29 is 41.8 Å². The van der Waals surface area contributed by atoms with Gasteiger partial charge in [0.25, 0.3) is 5.91 Å². The number of carbonyl (C=O) groups excluding carboxylic acids is 2. The summed E-state index contributed by atoms with van der Waals surface area (Å²) in [7, 11) is 0. The SMILES string of the molecule is CCOC(=O)[C@H](C)CC(Cc1ccc(-c2ccccc2)cc1)NC(=O)C(F)(F)C(F)(F)C(=O)O. The fourth-order valence-electron chi connectivity index (χ4n) is 3.30. The standard InChI is InChI=1S/C24H25F4NO5/c1-3-34-20(30)15(2)13-19(29-21(31)23(25,26)24(27,28)22(32)33)14-16-9-11-18(12-10-16)17-7-5-4-6-8-17/h4-12,15,19H,3,13-14H2,1-2H3,(H,29,31)(H,32,33)/t15-,19?/m1/s1. The molecule has 2 atom stereocenters. The second-order valence-corrected chi connectivity index (χ2v) is 7.78. The number of hydrogen-bond donors (Lipinski definition) is 2. The van der Waals surface area contributed by atoms with Crippen LogP contribution in [0, 0.1) is 5.92 Å². The Morgan fingerprint density at radius 2 is 1.50 bits per heavy atom. The van der Waals surface area contributed by atoms with Gasteiger partial charge in [-0.15, -0.1) is 0 Å². The summed E-state index contributed by atoms with van der Waals surface area (Å²) < 4.78 is 59.7. The van der Waals surface area contributed by atoms with Crippen LogP contribution in [-0.2, 0) is 25.5 Å². The van der Waals surface area contributed by atoms with Gasteiger partial charge in [0.15, 0.2) is 0 Å². The summed E-state index contributed by atoms with van der Waals surface area (Å²) >= 11 is 0. The third kappa shape index (κ3) is 6.33. The molecule has 0 aliphatic carbocycles. The lowest BCUT2D eigenvalue weighted by Crippen LogP contribution is -2.58. The van der Waals surface area contributed by atoms with Crippen LogP contribution < -0.4 is 5.32 Å². The number of aliphatic carboxylic acids is 1. The highest BCUT2D eigenvalue weighted by atomic mass is 19.3. The maximum Gasteiger partial charge on any atom is 0.413 e. The quantitative estimate of drug-likeness (QED) is 0.367. The van der Waals surface area contributed by atoms with Crippen molar-refractivity contribution in [3.05, 3.63) is 60.2 Å². The molecular formula is C24H25F4NO5. The minimum absolute atomic E-state index is 0.0702. The Labute approximate surface area is 193 Å². The summed E-state index contributed by atoms with van der Waals surface area (Å²) in [5.74, 6) is -18.2. The normalized spacial score (nSPS) is 13.6. The predicted octanol–water partition coefficient (Wildman–Crippen LogP) is 4.33. The number of rotatable bonds is 11. The molecule has 0 saturated carbocycles. The molecular weight excluding hydrogens is 458 g/mol. The van der Waals surface area contributed by atoms with Gasteiger partial charge in [0.1, 0.15) is 0 Å². The van der Waals surface area contributed by atoms with Crippen molar-refractivity contribution in [2.24, 2.45) is 5.92 Å². The van der Waals surface area contributed by atoms with Gasteiger partial charge in [-0.1, -0.05) is 61.5 Å². The van der Waals surface area contributed by atoms with Crippen molar-refractivity contribution in [2.75, 3.05) is 6.61 Å². The Morgan fingerprint density at radius 3 is 2.03 bits per heavy atom. The van der Waals surface area contributed by atoms with Crippen LogP contribution in [0.3, 0.4) is 0 Å². The summed E-state index contributed by atoms with van der Waals surface area (Å²) in [6.07, 6.45) is -0.265. The average Bonchev–Trinajstić information content (AvgIpc) is 2.79. The van der Waals surface area contributed by atoms with Crippen LogP contribution in [0.2, 0.25) is 0 Å². The summed E-state index contributed by atoms with van der Waals surface area (Å²) in [4.78, 5) is 34.6. The number of alkyl halides is 4. The molecule has 0 aliphatic heterocycles. The molecule has 2 aromatic carbocycles. The molecule has 34 heavy (non-hydrogen) atoms. The van der Waals surface area contributed by atoms with Gasteiger partial charge in [0.05, 0.1) is 12.5 Å². The van der Waals surface area contributed by atoms with Gasteiger partial charge >= 0.3 is 23.8 Å². The van der Waals surface area contributed by atoms with Gasteiger partial charge in [-0.2, -0.15) is 17.6 Å². The van der Waals surface area contributed by atoms with E-state index < -0.39 is 41.7 Å². The van der Waals surface area contributed by atoms with Crippen molar-refractivity contribution in [1.29, 1.82) is 0 Å². The highest BCUT2D eigenvalue weighted by Gasteiger charge is 2.67. The molecule has 0 spiro atoms. The van der Waals surface area contributed by atoms with Crippen molar-refractivity contribution in [3.63, 3.8) is 0 Å². The van der Waals surface area contributed by atoms with Gasteiger partial charge in [-0.25, -0.2) is 4.79 Å². The van der Waals surface area contributed by atoms with Crippen LogP contribution in [0.5, 0.6) is 0 Å². The Kier molecular flexibility index (Phi) is 8.78. The first-order valence-corrected chi connectivity index (χ1v) is 10.5. The molecule has 2 N–H and O–H groups in total. The first-order valence-electron chi connectivity index (χ1n) is 10.5. The monoisotopic (exact) mass is 483 g/mol. The number of halogens is 4. The number of hydrogen-bond acceptors (Lipinski definition) is 4. The molecule has 6 nitrogen and oxygen atoms in total. The Morgan fingerprint density at radius 1 is 0.941 bits per heavy atom. The highest BCUT2D eigenvalue weighted by Crippen LogP contribution is 2.35. The summed E-state index contributed by atoms with van der Waals surface area (Å²) in [6.45, 7) is 3.09. The van der Waals surface area contributed by atoms with E-state index in [0.717, 1.165) is 11.1 Å². The number of amides is 1. The predicted molar refractivity (Wildman–Crippen MR) is 115 cm³/mol. The van der Waals surface area contributed by atoms with Crippen molar-refractivity contribution in [3.8, 4) is 11.1 Å². The summed E-state index contributed by atoms with van der Waals surface area (Å²) in [6, 6.07) is 15.1. The first kappa shape index (κ1) is 26.8. The van der Waals surface area contributed by atoms with E-state index in [9.17, 15) is 31.9 Å². The lowest BCUT2D eigenvalue weighted by molar-refractivity contribution is -0.222. The maximum atomic E-state index is 14.0. The van der Waals surface area contributed by atoms with E-state index in [0.29, 0.717) is 5.56 Å². The summed E-state index contributed by atoms with van der Waals surface area (Å²) in [5, 5.41) is 10.2. The number of nitrogens with one attached hydrogen (secondary N) is 1. The number of benzene rings is 2. The van der Waals surface area contributed by atoms with Crippen molar-refractivity contribution >= 4 is 17.8 Å². The first-order chi connectivity index (χ1) is 15.9. The lowest BCUT2D eigenvalue weighted by atomic mass is 9.94. The Balaban J connectivity index is 2.24. The van der Waals surface area contributed by atoms with Crippen LogP contribution in [0.15, 0.2) is 54.6 Å². The number of carboxylic acid groups (broad SMARTS) is 1. The molecule has 0 aliphatic rings. The molecule has 0 radical (unpaired) electrons. The molecule has 0 saturated heterocycles. The number of carbonyl (C=O) groups is 3. The molecule has 0 bridgehead atoms. The lowest BCUT2D eigenvalue weighted by Gasteiger charge is -2.26. The zero-order chi connectivity index (χ0) is 25.5. The van der Waals surface area contributed by atoms with Crippen LogP contribution in [0.1, 0.15) is 25.8 Å². The molecule has 1 unspecified atom stereocenters. The zero-order valence-electron chi connectivity index (χ0n) is 18.6. The second-order valence-electron chi connectivity index (χ2n) is 7.78. The molecule has 0 heterocycles. The molecule has 1 amide bonds. The largest absolute Gasteiger partial charge is 0.477 e. The van der Waals surface area contributed by atoms with Crippen LogP contribution in [0.4, 0.5) is 17.6 Å². The highest BCUT2D eigenvalue weighted by molar-refractivity contribution is 5.92. The van der Waals surface area contributed by atoms with E-state index >= 15 is 0 Å². The number of carboxylic acids is 1. The third-order valence-corrected chi connectivity index (χ3v) is 5.15. The Bertz CT molecular complexity index is 996. The summed E-state index contributed by atoms with van der Waals surface area (Å²) in [5.41, 5.74) is 2.39. The van der Waals surface area contributed by atoms with Crippen molar-refractivity contribution in [1.82, 2.24) is 5.32 Å². The average molecular weight is 483 g/mol. The third-order valence-electron chi connectivity index (χ3n) is 5.15. The molecule has 10 heteroatoms. The smallest absolute Gasteiger partial charge is 0.413 e. The van der Waals surface area contributed by atoms with Crippen molar-refractivity contribution in [2.45, 2.75) is 44.6 Å². The minimum atomic E-state index is -5.61. The molecule has 2 aromatic rings. The van der Waals surface area contributed by atoms with E-state index in [2.05, 4.69) is 0 Å².